The van der Waals surface area contributed by atoms with Crippen molar-refractivity contribution >= 4 is 51.9 Å². The Morgan fingerprint density at radius 2 is 1.96 bits per heavy atom. The fourth-order valence-corrected chi connectivity index (χ4v) is 4.45. The molecule has 1 aliphatic heterocycles. The van der Waals surface area contributed by atoms with Crippen LogP contribution in [0, 0.1) is 0 Å². The molecular weight excluding hydrogens is 414 g/mol. The lowest BCUT2D eigenvalue weighted by Crippen LogP contribution is -2.34. The van der Waals surface area contributed by atoms with Crippen LogP contribution in [0.15, 0.2) is 47.4 Å². The van der Waals surface area contributed by atoms with E-state index in [9.17, 15) is 4.79 Å². The van der Waals surface area contributed by atoms with Crippen LogP contribution in [0.25, 0.3) is 6.08 Å². The van der Waals surface area contributed by atoms with Gasteiger partial charge in [0, 0.05) is 16.6 Å². The van der Waals surface area contributed by atoms with E-state index in [0.717, 1.165) is 11.1 Å². The fourth-order valence-electron chi connectivity index (χ4n) is 2.74. The number of nitrogens with zero attached hydrogens (tertiary/aromatic N) is 1. The van der Waals surface area contributed by atoms with Crippen LogP contribution in [-0.4, -0.2) is 28.3 Å². The van der Waals surface area contributed by atoms with Crippen LogP contribution in [0.1, 0.15) is 25.0 Å². The number of rotatable bonds is 6. The van der Waals surface area contributed by atoms with Gasteiger partial charge in [-0.05, 0) is 43.7 Å². The molecule has 0 aliphatic carbocycles. The second kappa shape index (κ2) is 8.99. The molecule has 0 saturated carbocycles. The minimum atomic E-state index is -0.0667. The summed E-state index contributed by atoms with van der Waals surface area (Å²) in [4.78, 5) is 14.8. The number of thiocarbonyl (C=S) groups is 1. The zero-order valence-corrected chi connectivity index (χ0v) is 18.2. The van der Waals surface area contributed by atoms with Crippen molar-refractivity contribution in [3.63, 3.8) is 0 Å². The first-order valence-corrected chi connectivity index (χ1v) is 10.3. The molecule has 7 heteroatoms. The van der Waals surface area contributed by atoms with Gasteiger partial charge < -0.3 is 9.47 Å². The molecule has 0 bridgehead atoms. The van der Waals surface area contributed by atoms with Gasteiger partial charge in [0.1, 0.15) is 10.9 Å². The Bertz CT molecular complexity index is 943. The Morgan fingerprint density at radius 3 is 2.61 bits per heavy atom. The van der Waals surface area contributed by atoms with E-state index in [4.69, 9.17) is 33.3 Å². The zero-order valence-electron chi connectivity index (χ0n) is 15.8. The van der Waals surface area contributed by atoms with E-state index in [2.05, 4.69) is 0 Å². The number of ether oxygens (including phenoxy) is 2. The van der Waals surface area contributed by atoms with E-state index in [-0.39, 0.29) is 11.9 Å². The molecule has 4 nitrogen and oxygen atoms in total. The van der Waals surface area contributed by atoms with E-state index in [1.165, 1.54) is 11.8 Å². The maximum atomic E-state index is 12.6. The third kappa shape index (κ3) is 4.51. The normalized spacial score (nSPS) is 15.6. The summed E-state index contributed by atoms with van der Waals surface area (Å²) in [5, 5.41) is 0.658. The maximum Gasteiger partial charge on any atom is 0.266 e. The van der Waals surface area contributed by atoms with Gasteiger partial charge in [0.15, 0.2) is 11.5 Å². The molecule has 28 heavy (non-hydrogen) atoms. The van der Waals surface area contributed by atoms with Crippen LogP contribution in [0.5, 0.6) is 11.5 Å². The Labute approximate surface area is 179 Å². The summed E-state index contributed by atoms with van der Waals surface area (Å²) in [6, 6.07) is 13.1. The Hall–Kier alpha value is -2.02. The van der Waals surface area contributed by atoms with Gasteiger partial charge in [-0.25, -0.2) is 0 Å². The molecular formula is C21H20ClNO3S2. The van der Waals surface area contributed by atoms with Crippen LogP contribution in [0.2, 0.25) is 5.02 Å². The van der Waals surface area contributed by atoms with E-state index >= 15 is 0 Å². The largest absolute Gasteiger partial charge is 0.493 e. The third-order valence-corrected chi connectivity index (χ3v) is 5.87. The summed E-state index contributed by atoms with van der Waals surface area (Å²) in [5.74, 6) is 1.12. The van der Waals surface area contributed by atoms with Gasteiger partial charge in [0.05, 0.1) is 12.0 Å². The molecule has 146 valence electrons. The Kier molecular flexibility index (Phi) is 6.65. The summed E-state index contributed by atoms with van der Waals surface area (Å²) in [7, 11) is 1.58. The fraction of sp³-hybridized carbons (Fsp3) is 0.238. The van der Waals surface area contributed by atoms with Gasteiger partial charge in [-0.3, -0.25) is 9.69 Å². The molecule has 1 heterocycles. The molecule has 0 aromatic heterocycles. The van der Waals surface area contributed by atoms with Crippen molar-refractivity contribution in [2.75, 3.05) is 7.11 Å². The molecule has 0 unspecified atom stereocenters. The van der Waals surface area contributed by atoms with E-state index < -0.39 is 0 Å². The zero-order chi connectivity index (χ0) is 20.3. The second-order valence-electron chi connectivity index (χ2n) is 6.44. The average Bonchev–Trinajstić information content (AvgIpc) is 2.95. The monoisotopic (exact) mass is 433 g/mol. The smallest absolute Gasteiger partial charge is 0.266 e. The summed E-state index contributed by atoms with van der Waals surface area (Å²) in [5.41, 5.74) is 1.74. The van der Waals surface area contributed by atoms with Crippen LogP contribution in [0.3, 0.4) is 0 Å². The lowest BCUT2D eigenvalue weighted by Gasteiger charge is -2.18. The number of hydrogen-bond donors (Lipinski definition) is 0. The highest BCUT2D eigenvalue weighted by Crippen LogP contribution is 2.36. The van der Waals surface area contributed by atoms with Crippen LogP contribution in [0.4, 0.5) is 0 Å². The maximum absolute atomic E-state index is 12.6. The van der Waals surface area contributed by atoms with Crippen molar-refractivity contribution in [2.24, 2.45) is 0 Å². The number of benzene rings is 2. The number of thioether (sulfide) groups is 1. The molecule has 0 radical (unpaired) electrons. The number of methoxy groups -OCH3 is 1. The number of amides is 1. The van der Waals surface area contributed by atoms with Crippen molar-refractivity contribution in [3.05, 3.63) is 63.5 Å². The molecule has 1 saturated heterocycles. The first-order valence-electron chi connectivity index (χ1n) is 8.72. The number of carbonyl (C=O) groups excluding carboxylic acids is 1. The van der Waals surface area contributed by atoms with Crippen molar-refractivity contribution in [2.45, 2.75) is 26.5 Å². The van der Waals surface area contributed by atoms with Gasteiger partial charge in [-0.1, -0.05) is 59.8 Å². The average molecular weight is 434 g/mol. The van der Waals surface area contributed by atoms with Gasteiger partial charge in [0.2, 0.25) is 0 Å². The standard InChI is InChI=1S/C21H20ClNO3S2/c1-13(2)23-20(24)19(28-21(23)27)11-14-8-9-17(18(10-14)25-3)26-12-15-6-4-5-7-16(15)22/h4-11,13H,12H2,1-3H3. The van der Waals surface area contributed by atoms with Crippen molar-refractivity contribution < 1.29 is 14.3 Å². The van der Waals surface area contributed by atoms with Crippen LogP contribution < -0.4 is 9.47 Å². The molecule has 3 rings (SSSR count). The van der Waals surface area contributed by atoms with E-state index in [0.29, 0.717) is 32.4 Å². The molecule has 1 fully saturated rings. The Balaban J connectivity index is 1.79. The van der Waals surface area contributed by atoms with Crippen LogP contribution in [-0.2, 0) is 11.4 Å². The SMILES string of the molecule is COc1cc(C=C2SC(=S)N(C(C)C)C2=O)ccc1OCc1ccccc1Cl. The molecule has 0 N–H and O–H groups in total. The topological polar surface area (TPSA) is 38.8 Å². The number of halogens is 1. The Morgan fingerprint density at radius 1 is 1.21 bits per heavy atom. The highest BCUT2D eigenvalue weighted by molar-refractivity contribution is 8.26. The lowest BCUT2D eigenvalue weighted by atomic mass is 10.1. The minimum Gasteiger partial charge on any atom is -0.493 e. The molecule has 0 atom stereocenters. The van der Waals surface area contributed by atoms with Gasteiger partial charge >= 0.3 is 0 Å². The van der Waals surface area contributed by atoms with Gasteiger partial charge in [-0.15, -0.1) is 0 Å². The summed E-state index contributed by atoms with van der Waals surface area (Å²) in [6.07, 6.45) is 1.82. The van der Waals surface area contributed by atoms with E-state index in [1.807, 2.05) is 62.4 Å². The summed E-state index contributed by atoms with van der Waals surface area (Å²) in [6.45, 7) is 4.23. The molecule has 0 spiro atoms. The molecule has 2 aromatic rings. The van der Waals surface area contributed by atoms with Crippen molar-refractivity contribution in [1.29, 1.82) is 0 Å². The van der Waals surface area contributed by atoms with Crippen LogP contribution >= 0.6 is 35.6 Å². The first kappa shape index (κ1) is 20.7. The predicted molar refractivity (Wildman–Crippen MR) is 119 cm³/mol. The van der Waals surface area contributed by atoms with Gasteiger partial charge in [0.25, 0.3) is 5.91 Å². The molecule has 1 amide bonds. The van der Waals surface area contributed by atoms with Crippen molar-refractivity contribution in [1.82, 2.24) is 4.90 Å². The first-order chi connectivity index (χ1) is 13.4. The lowest BCUT2D eigenvalue weighted by molar-refractivity contribution is -0.123. The quantitative estimate of drug-likeness (QED) is 0.442. The third-order valence-electron chi connectivity index (χ3n) is 4.17. The summed E-state index contributed by atoms with van der Waals surface area (Å²) >= 11 is 12.8. The highest BCUT2D eigenvalue weighted by Gasteiger charge is 2.33. The predicted octanol–water partition coefficient (Wildman–Crippen LogP) is 5.54. The van der Waals surface area contributed by atoms with Crippen molar-refractivity contribution in [3.8, 4) is 11.5 Å². The number of carbonyl (C=O) groups is 1. The van der Waals surface area contributed by atoms with E-state index in [1.54, 1.807) is 12.0 Å². The highest BCUT2D eigenvalue weighted by atomic mass is 35.5. The number of hydrogen-bond acceptors (Lipinski definition) is 5. The molecule has 2 aromatic carbocycles. The van der Waals surface area contributed by atoms with Gasteiger partial charge in [-0.2, -0.15) is 0 Å². The summed E-state index contributed by atoms with van der Waals surface area (Å²) < 4.78 is 11.9. The minimum absolute atomic E-state index is 0.0357. The molecule has 1 aliphatic rings. The second-order valence-corrected chi connectivity index (χ2v) is 8.52.